The van der Waals surface area contributed by atoms with Gasteiger partial charge in [0.25, 0.3) is 0 Å². The maximum absolute atomic E-state index is 11.1. The average Bonchev–Trinajstić information content (AvgIpc) is 1.99. The fourth-order valence-electron chi connectivity index (χ4n) is 1.14. The van der Waals surface area contributed by atoms with E-state index >= 15 is 0 Å². The van der Waals surface area contributed by atoms with Gasteiger partial charge in [-0.15, -0.1) is 0 Å². The third-order valence-corrected chi connectivity index (χ3v) is 3.81. The van der Waals surface area contributed by atoms with Gasteiger partial charge in [0.15, 0.2) is 0 Å². The summed E-state index contributed by atoms with van der Waals surface area (Å²) in [7, 11) is 0. The van der Waals surface area contributed by atoms with E-state index in [1.165, 1.54) is 0 Å². The Balaban J connectivity index is 2.54. The summed E-state index contributed by atoms with van der Waals surface area (Å²) < 4.78 is 5.09. The van der Waals surface area contributed by atoms with E-state index in [0.29, 0.717) is 5.92 Å². The number of alkyl halides is 2. The number of hydrogen-bond donors (Lipinski definition) is 0. The summed E-state index contributed by atoms with van der Waals surface area (Å²) in [5.41, 5.74) is 0. The molecule has 0 saturated carbocycles. The molecular weight excluding hydrogens is 276 g/mol. The number of carbonyl (C=O) groups excluding carboxylic acids is 1. The monoisotopic (exact) mass is 284 g/mol. The van der Waals surface area contributed by atoms with Gasteiger partial charge in [-0.1, -0.05) is 38.8 Å². The van der Waals surface area contributed by atoms with E-state index in [2.05, 4.69) is 38.8 Å². The maximum Gasteiger partial charge on any atom is 0.320 e. The van der Waals surface area contributed by atoms with Crippen molar-refractivity contribution in [3.8, 4) is 0 Å². The van der Waals surface area contributed by atoms with Crippen LogP contribution in [0.25, 0.3) is 0 Å². The summed E-state index contributed by atoms with van der Waals surface area (Å²) in [4.78, 5) is 11.0. The van der Waals surface area contributed by atoms with Crippen LogP contribution in [0.4, 0.5) is 0 Å². The largest absolute Gasteiger partial charge is 0.461 e. The number of rotatable bonds is 1. The van der Waals surface area contributed by atoms with Crippen LogP contribution in [0.15, 0.2) is 0 Å². The molecule has 0 bridgehead atoms. The fraction of sp³-hybridized carbons (Fsp3) is 0.857. The first-order chi connectivity index (χ1) is 5.15. The number of cyclic esters (lactones) is 1. The Morgan fingerprint density at radius 1 is 1.73 bits per heavy atom. The lowest BCUT2D eigenvalue weighted by Gasteiger charge is -2.29. The minimum atomic E-state index is -0.131. The van der Waals surface area contributed by atoms with Gasteiger partial charge in [0.2, 0.25) is 0 Å². The quantitative estimate of drug-likeness (QED) is 0.545. The van der Waals surface area contributed by atoms with Crippen LogP contribution < -0.4 is 0 Å². The molecule has 1 saturated heterocycles. The Morgan fingerprint density at radius 3 is 2.82 bits per heavy atom. The molecule has 0 aromatic carbocycles. The molecule has 4 heteroatoms. The molecule has 3 atom stereocenters. The van der Waals surface area contributed by atoms with Crippen molar-refractivity contribution in [1.29, 1.82) is 0 Å². The smallest absolute Gasteiger partial charge is 0.320 e. The molecule has 2 nitrogen and oxygen atoms in total. The topological polar surface area (TPSA) is 26.3 Å². The van der Waals surface area contributed by atoms with E-state index < -0.39 is 0 Å². The maximum atomic E-state index is 11.1. The minimum absolute atomic E-state index is 0.0614. The predicted octanol–water partition coefficient (Wildman–Crippen LogP) is 2.10. The first-order valence-corrected chi connectivity index (χ1v) is 5.59. The van der Waals surface area contributed by atoms with Gasteiger partial charge in [-0.05, 0) is 12.3 Å². The van der Waals surface area contributed by atoms with Crippen molar-refractivity contribution in [2.24, 2.45) is 5.92 Å². The highest BCUT2D eigenvalue weighted by Gasteiger charge is 2.33. The fourth-order valence-corrected chi connectivity index (χ4v) is 1.86. The number of esters is 1. The highest BCUT2D eigenvalue weighted by Crippen LogP contribution is 2.27. The molecule has 0 amide bonds. The van der Waals surface area contributed by atoms with Crippen LogP contribution in [-0.2, 0) is 9.53 Å². The molecule has 0 N–H and O–H groups in total. The van der Waals surface area contributed by atoms with E-state index in [-0.39, 0.29) is 16.9 Å². The zero-order valence-electron chi connectivity index (χ0n) is 6.22. The highest BCUT2D eigenvalue weighted by atomic mass is 79.9. The molecule has 1 aliphatic rings. The number of carbonyl (C=O) groups is 1. The normalized spacial score (nSPS) is 38.5. The third-order valence-electron chi connectivity index (χ3n) is 1.81. The van der Waals surface area contributed by atoms with Crippen LogP contribution in [0.2, 0.25) is 0 Å². The summed E-state index contributed by atoms with van der Waals surface area (Å²) in [5, 5.41) is 0.739. The number of hydrogen-bond acceptors (Lipinski definition) is 2. The Hall–Kier alpha value is 0.430. The van der Waals surface area contributed by atoms with Crippen molar-refractivity contribution in [3.05, 3.63) is 0 Å². The molecule has 0 aromatic heterocycles. The summed E-state index contributed by atoms with van der Waals surface area (Å²) >= 11 is 6.58. The molecular formula is C7H10Br2O2. The molecule has 0 aliphatic carbocycles. The summed E-state index contributed by atoms with van der Waals surface area (Å²) in [6, 6.07) is 0. The molecule has 0 spiro atoms. The summed E-state index contributed by atoms with van der Waals surface area (Å²) in [6.07, 6.45) is 0.999. The molecule has 1 rings (SSSR count). The van der Waals surface area contributed by atoms with Crippen LogP contribution in [0, 0.1) is 5.92 Å². The summed E-state index contributed by atoms with van der Waals surface area (Å²) in [6.45, 7) is 2.05. The van der Waals surface area contributed by atoms with Gasteiger partial charge < -0.3 is 4.74 Å². The molecule has 0 radical (unpaired) electrons. The first kappa shape index (κ1) is 9.52. The number of halogens is 2. The van der Waals surface area contributed by atoms with Crippen molar-refractivity contribution < 1.29 is 9.53 Å². The van der Waals surface area contributed by atoms with E-state index in [9.17, 15) is 4.79 Å². The molecule has 11 heavy (non-hydrogen) atoms. The Bertz CT molecular complexity index is 161. The molecule has 1 heterocycles. The third kappa shape index (κ3) is 2.18. The van der Waals surface area contributed by atoms with E-state index in [1.807, 2.05) is 0 Å². The second-order valence-electron chi connectivity index (χ2n) is 2.83. The first-order valence-electron chi connectivity index (χ1n) is 3.55. The Labute approximate surface area is 82.9 Å². The lowest BCUT2D eigenvalue weighted by molar-refractivity contribution is -0.153. The molecule has 1 aliphatic heterocycles. The molecule has 1 fully saturated rings. The van der Waals surface area contributed by atoms with Gasteiger partial charge in [0.1, 0.15) is 10.9 Å². The van der Waals surface area contributed by atoms with Crippen molar-refractivity contribution in [2.75, 3.05) is 5.33 Å². The summed E-state index contributed by atoms with van der Waals surface area (Å²) in [5.74, 6) is 0.243. The van der Waals surface area contributed by atoms with Crippen LogP contribution in [0.5, 0.6) is 0 Å². The van der Waals surface area contributed by atoms with E-state index in [4.69, 9.17) is 4.74 Å². The second-order valence-corrected chi connectivity index (χ2v) is 4.46. The molecule has 64 valence electrons. The van der Waals surface area contributed by atoms with Crippen molar-refractivity contribution in [3.63, 3.8) is 0 Å². The van der Waals surface area contributed by atoms with Gasteiger partial charge in [0.05, 0.1) is 0 Å². The van der Waals surface area contributed by atoms with Crippen LogP contribution in [-0.4, -0.2) is 22.2 Å². The van der Waals surface area contributed by atoms with Crippen molar-refractivity contribution in [2.45, 2.75) is 24.3 Å². The molecule has 0 aromatic rings. The Morgan fingerprint density at radius 2 is 2.36 bits per heavy atom. The van der Waals surface area contributed by atoms with Gasteiger partial charge in [-0.3, -0.25) is 4.79 Å². The zero-order valence-corrected chi connectivity index (χ0v) is 9.39. The SMILES string of the molecule is CC1CC(CBr)OC(=O)C1Br. The second kappa shape index (κ2) is 3.90. The molecule has 3 unspecified atom stereocenters. The Kier molecular flexibility index (Phi) is 3.37. The van der Waals surface area contributed by atoms with E-state index in [0.717, 1.165) is 11.8 Å². The van der Waals surface area contributed by atoms with Crippen molar-refractivity contribution >= 4 is 37.8 Å². The van der Waals surface area contributed by atoms with Crippen LogP contribution in [0.3, 0.4) is 0 Å². The van der Waals surface area contributed by atoms with Gasteiger partial charge in [0, 0.05) is 5.33 Å². The predicted molar refractivity (Wildman–Crippen MR) is 50.2 cm³/mol. The highest BCUT2D eigenvalue weighted by molar-refractivity contribution is 9.10. The van der Waals surface area contributed by atoms with Gasteiger partial charge >= 0.3 is 5.97 Å². The van der Waals surface area contributed by atoms with Gasteiger partial charge in [-0.25, -0.2) is 0 Å². The van der Waals surface area contributed by atoms with Crippen LogP contribution >= 0.6 is 31.9 Å². The zero-order chi connectivity index (χ0) is 8.43. The standard InChI is InChI=1S/C7H10Br2O2/c1-4-2-5(3-8)11-7(10)6(4)9/h4-6H,2-3H2,1H3. The minimum Gasteiger partial charge on any atom is -0.461 e. The lowest BCUT2D eigenvalue weighted by Crippen LogP contribution is -2.37. The van der Waals surface area contributed by atoms with Crippen molar-refractivity contribution in [1.82, 2.24) is 0 Å². The lowest BCUT2D eigenvalue weighted by atomic mass is 9.98. The number of ether oxygens (including phenoxy) is 1. The average molecular weight is 286 g/mol. The van der Waals surface area contributed by atoms with Gasteiger partial charge in [-0.2, -0.15) is 0 Å². The van der Waals surface area contributed by atoms with E-state index in [1.54, 1.807) is 0 Å². The van der Waals surface area contributed by atoms with Crippen LogP contribution in [0.1, 0.15) is 13.3 Å².